The highest BCUT2D eigenvalue weighted by molar-refractivity contribution is 5.95. The van der Waals surface area contributed by atoms with Gasteiger partial charge in [-0.15, -0.1) is 0 Å². The molecule has 2 aromatic rings. The highest BCUT2D eigenvalue weighted by Crippen LogP contribution is 2.24. The van der Waals surface area contributed by atoms with Crippen LogP contribution < -0.4 is 0 Å². The lowest BCUT2D eigenvalue weighted by Gasteiger charge is -2.18. The summed E-state index contributed by atoms with van der Waals surface area (Å²) in [6, 6.07) is 2.33. The number of amides is 1. The average Bonchev–Trinajstić information content (AvgIpc) is 3.04. The first kappa shape index (κ1) is 14.7. The molecule has 3 heterocycles. The van der Waals surface area contributed by atoms with E-state index in [2.05, 4.69) is 28.1 Å². The van der Waals surface area contributed by atoms with Gasteiger partial charge in [-0.05, 0) is 40.2 Å². The molecule has 2 aromatic heterocycles. The molecule has 0 aliphatic carbocycles. The minimum atomic E-state index is 0.0153. The van der Waals surface area contributed by atoms with E-state index in [9.17, 15) is 4.79 Å². The van der Waals surface area contributed by atoms with Gasteiger partial charge < -0.3 is 4.90 Å². The minimum Gasteiger partial charge on any atom is -0.336 e. The Bertz CT molecular complexity index is 721. The quantitative estimate of drug-likeness (QED) is 0.850. The van der Waals surface area contributed by atoms with Gasteiger partial charge in [-0.25, -0.2) is 9.97 Å². The molecular formula is C16H21N5O. The normalized spacial score (nSPS) is 18.0. The predicted octanol–water partition coefficient (Wildman–Crippen LogP) is 1.99. The van der Waals surface area contributed by atoms with Gasteiger partial charge in [0.15, 0.2) is 0 Å². The topological polar surface area (TPSA) is 63.9 Å². The molecule has 0 aromatic carbocycles. The zero-order valence-corrected chi connectivity index (χ0v) is 13.5. The van der Waals surface area contributed by atoms with Crippen LogP contribution in [-0.2, 0) is 0 Å². The molecule has 0 radical (unpaired) electrons. The lowest BCUT2D eigenvalue weighted by atomic mass is 10.2. The van der Waals surface area contributed by atoms with Gasteiger partial charge in [0, 0.05) is 25.0 Å². The number of rotatable bonds is 2. The van der Waals surface area contributed by atoms with Gasteiger partial charge in [0.25, 0.3) is 5.91 Å². The molecule has 1 atom stereocenters. The third-order valence-corrected chi connectivity index (χ3v) is 4.17. The fourth-order valence-electron chi connectivity index (χ4n) is 3.11. The van der Waals surface area contributed by atoms with Gasteiger partial charge in [0.1, 0.15) is 5.82 Å². The lowest BCUT2D eigenvalue weighted by molar-refractivity contribution is 0.0785. The Kier molecular flexibility index (Phi) is 3.68. The number of likely N-dealkylation sites (tertiary alicyclic amines) is 1. The summed E-state index contributed by atoms with van der Waals surface area (Å²) in [5.41, 5.74) is 3.50. The SMILES string of the molecule is Cc1cc(C)n([C@@H]2CCN(C(=O)c3cnc(C)nc3C)C2)n1. The van der Waals surface area contributed by atoms with Crippen molar-refractivity contribution in [3.05, 3.63) is 40.7 Å². The third kappa shape index (κ3) is 2.61. The van der Waals surface area contributed by atoms with Crippen LogP contribution in [0, 0.1) is 27.7 Å². The molecule has 0 bridgehead atoms. The number of carbonyl (C=O) groups is 1. The second kappa shape index (κ2) is 5.51. The molecule has 6 nitrogen and oxygen atoms in total. The number of aromatic nitrogens is 4. The van der Waals surface area contributed by atoms with Crippen molar-refractivity contribution in [2.24, 2.45) is 0 Å². The van der Waals surface area contributed by atoms with Gasteiger partial charge in [-0.2, -0.15) is 5.10 Å². The zero-order valence-electron chi connectivity index (χ0n) is 13.5. The molecule has 1 aliphatic rings. The Morgan fingerprint density at radius 3 is 2.68 bits per heavy atom. The van der Waals surface area contributed by atoms with Crippen molar-refractivity contribution in [3.8, 4) is 0 Å². The Morgan fingerprint density at radius 2 is 2.05 bits per heavy atom. The van der Waals surface area contributed by atoms with E-state index in [0.717, 1.165) is 30.0 Å². The van der Waals surface area contributed by atoms with Crippen molar-refractivity contribution in [1.82, 2.24) is 24.6 Å². The van der Waals surface area contributed by atoms with E-state index in [0.29, 0.717) is 17.9 Å². The largest absolute Gasteiger partial charge is 0.336 e. The lowest BCUT2D eigenvalue weighted by Crippen LogP contribution is -2.30. The van der Waals surface area contributed by atoms with E-state index < -0.39 is 0 Å². The zero-order chi connectivity index (χ0) is 15.9. The van der Waals surface area contributed by atoms with Gasteiger partial charge >= 0.3 is 0 Å². The minimum absolute atomic E-state index is 0.0153. The van der Waals surface area contributed by atoms with Crippen LogP contribution in [0.4, 0.5) is 0 Å². The maximum Gasteiger partial charge on any atom is 0.257 e. The van der Waals surface area contributed by atoms with Crippen LogP contribution in [0.2, 0.25) is 0 Å². The van der Waals surface area contributed by atoms with Crippen LogP contribution in [-0.4, -0.2) is 43.6 Å². The summed E-state index contributed by atoms with van der Waals surface area (Å²) < 4.78 is 2.04. The molecule has 0 unspecified atom stereocenters. The first-order chi connectivity index (χ1) is 10.5. The average molecular weight is 299 g/mol. The van der Waals surface area contributed by atoms with Crippen molar-refractivity contribution in [2.75, 3.05) is 13.1 Å². The number of hydrogen-bond donors (Lipinski definition) is 0. The highest BCUT2D eigenvalue weighted by Gasteiger charge is 2.30. The van der Waals surface area contributed by atoms with E-state index in [-0.39, 0.29) is 11.9 Å². The second-order valence-electron chi connectivity index (χ2n) is 5.98. The first-order valence-electron chi connectivity index (χ1n) is 7.58. The maximum absolute atomic E-state index is 12.7. The third-order valence-electron chi connectivity index (χ3n) is 4.17. The Hall–Kier alpha value is -2.24. The molecule has 6 heteroatoms. The van der Waals surface area contributed by atoms with Crippen molar-refractivity contribution < 1.29 is 4.79 Å². The summed E-state index contributed by atoms with van der Waals surface area (Å²) in [4.78, 5) is 23.0. The number of nitrogens with zero attached hydrogens (tertiary/aromatic N) is 5. The van der Waals surface area contributed by atoms with Gasteiger partial charge in [0.05, 0.1) is 23.0 Å². The Morgan fingerprint density at radius 1 is 1.27 bits per heavy atom. The van der Waals surface area contributed by atoms with E-state index in [4.69, 9.17) is 0 Å². The highest BCUT2D eigenvalue weighted by atomic mass is 16.2. The molecule has 0 N–H and O–H groups in total. The standard InChI is InChI=1S/C16H21N5O/c1-10-7-11(2)21(19-10)14-5-6-20(9-14)16(22)15-8-17-13(4)18-12(15)3/h7-8,14H,5-6,9H2,1-4H3/t14-/m1/s1. The molecule has 1 fully saturated rings. The second-order valence-corrected chi connectivity index (χ2v) is 5.98. The van der Waals surface area contributed by atoms with Crippen molar-refractivity contribution in [3.63, 3.8) is 0 Å². The molecular weight excluding hydrogens is 278 g/mol. The summed E-state index contributed by atoms with van der Waals surface area (Å²) in [5.74, 6) is 0.706. The summed E-state index contributed by atoms with van der Waals surface area (Å²) in [7, 11) is 0. The molecule has 1 aliphatic heterocycles. The molecule has 3 rings (SSSR count). The molecule has 1 amide bonds. The Labute approximate surface area is 130 Å². The van der Waals surface area contributed by atoms with E-state index >= 15 is 0 Å². The summed E-state index contributed by atoms with van der Waals surface area (Å²) in [6.45, 7) is 9.17. The summed E-state index contributed by atoms with van der Waals surface area (Å²) >= 11 is 0. The fraction of sp³-hybridized carbons (Fsp3) is 0.500. The van der Waals surface area contributed by atoms with E-state index in [1.165, 1.54) is 0 Å². The van der Waals surface area contributed by atoms with E-state index in [1.807, 2.05) is 30.4 Å². The van der Waals surface area contributed by atoms with Crippen LogP contribution in [0.1, 0.15) is 45.7 Å². The molecule has 0 saturated carbocycles. The predicted molar refractivity (Wildman–Crippen MR) is 82.8 cm³/mol. The Balaban J connectivity index is 1.77. The van der Waals surface area contributed by atoms with Gasteiger partial charge in [0.2, 0.25) is 0 Å². The molecule has 22 heavy (non-hydrogen) atoms. The maximum atomic E-state index is 12.7. The van der Waals surface area contributed by atoms with Crippen LogP contribution >= 0.6 is 0 Å². The first-order valence-corrected chi connectivity index (χ1v) is 7.58. The molecule has 0 spiro atoms. The van der Waals surface area contributed by atoms with Crippen LogP contribution in [0.25, 0.3) is 0 Å². The smallest absolute Gasteiger partial charge is 0.257 e. The number of aryl methyl sites for hydroxylation is 4. The van der Waals surface area contributed by atoms with Gasteiger partial charge in [-0.1, -0.05) is 0 Å². The monoisotopic (exact) mass is 299 g/mol. The van der Waals surface area contributed by atoms with Crippen molar-refractivity contribution >= 4 is 5.91 Å². The van der Waals surface area contributed by atoms with Gasteiger partial charge in [-0.3, -0.25) is 9.48 Å². The number of hydrogen-bond acceptors (Lipinski definition) is 4. The van der Waals surface area contributed by atoms with Crippen LogP contribution in [0.15, 0.2) is 12.3 Å². The molecule has 1 saturated heterocycles. The number of carbonyl (C=O) groups excluding carboxylic acids is 1. The summed E-state index contributed by atoms with van der Waals surface area (Å²) in [5, 5.41) is 4.54. The summed E-state index contributed by atoms with van der Waals surface area (Å²) in [6.07, 6.45) is 2.57. The van der Waals surface area contributed by atoms with Crippen LogP contribution in [0.3, 0.4) is 0 Å². The molecule has 116 valence electrons. The van der Waals surface area contributed by atoms with Crippen LogP contribution in [0.5, 0.6) is 0 Å². The fourth-order valence-corrected chi connectivity index (χ4v) is 3.11. The van der Waals surface area contributed by atoms with Crippen molar-refractivity contribution in [2.45, 2.75) is 40.2 Å². The van der Waals surface area contributed by atoms with Crippen molar-refractivity contribution in [1.29, 1.82) is 0 Å². The van der Waals surface area contributed by atoms with E-state index in [1.54, 1.807) is 6.20 Å².